The number of hydrogen-bond acceptors (Lipinski definition) is 4. The Morgan fingerprint density at radius 2 is 1.18 bits per heavy atom. The number of nitrogens with one attached hydrogen (secondary N) is 2. The van der Waals surface area contributed by atoms with Crippen molar-refractivity contribution in [3.8, 4) is 0 Å². The van der Waals surface area contributed by atoms with Gasteiger partial charge in [-0.1, -0.05) is 56.1 Å². The molecule has 0 atom stereocenters. The van der Waals surface area contributed by atoms with E-state index in [-0.39, 0.29) is 24.7 Å². The van der Waals surface area contributed by atoms with Crippen molar-refractivity contribution in [3.05, 3.63) is 68.6 Å². The summed E-state index contributed by atoms with van der Waals surface area (Å²) in [6.45, 7) is 3.60. The highest BCUT2D eigenvalue weighted by molar-refractivity contribution is 9.10. The van der Waals surface area contributed by atoms with Gasteiger partial charge in [0.2, 0.25) is 11.8 Å². The summed E-state index contributed by atoms with van der Waals surface area (Å²) in [6.07, 6.45) is 0.0408. The molecule has 0 aliphatic rings. The molecular weight excluding hydrogens is 488 g/mol. The second kappa shape index (κ2) is 10.9. The minimum Gasteiger partial charge on any atom is -0.273 e. The van der Waals surface area contributed by atoms with Crippen LogP contribution < -0.4 is 10.9 Å². The predicted molar refractivity (Wildman–Crippen MR) is 118 cm³/mol. The van der Waals surface area contributed by atoms with Crippen molar-refractivity contribution < 1.29 is 9.59 Å². The van der Waals surface area contributed by atoms with Crippen molar-refractivity contribution in [2.24, 2.45) is 10.2 Å². The molecule has 0 spiro atoms. The number of nitrogens with zero attached hydrogens (tertiary/aromatic N) is 2. The third-order valence-corrected chi connectivity index (χ3v) is 4.75. The van der Waals surface area contributed by atoms with E-state index in [2.05, 4.69) is 52.9 Å². The largest absolute Gasteiger partial charge is 0.273 e. The van der Waals surface area contributed by atoms with E-state index in [9.17, 15) is 9.59 Å². The lowest BCUT2D eigenvalue weighted by Gasteiger charge is -2.04. The fourth-order valence-corrected chi connectivity index (χ4v) is 2.99. The molecule has 0 bridgehead atoms. The van der Waals surface area contributed by atoms with Crippen LogP contribution in [0.5, 0.6) is 0 Å². The summed E-state index contributed by atoms with van der Waals surface area (Å²) >= 11 is 6.79. The van der Waals surface area contributed by atoms with Crippen molar-refractivity contribution in [3.63, 3.8) is 0 Å². The van der Waals surface area contributed by atoms with Crippen molar-refractivity contribution in [2.45, 2.75) is 26.7 Å². The normalized spacial score (nSPS) is 11.9. The molecule has 0 radical (unpaired) electrons. The molecule has 0 fully saturated rings. The van der Waals surface area contributed by atoms with Gasteiger partial charge in [-0.25, -0.2) is 10.9 Å². The van der Waals surface area contributed by atoms with Gasteiger partial charge in [0, 0.05) is 21.8 Å². The first-order valence-corrected chi connectivity index (χ1v) is 10.1. The van der Waals surface area contributed by atoms with Crippen LogP contribution in [0.1, 0.15) is 37.8 Å². The Kier molecular flexibility index (Phi) is 8.53. The number of benzene rings is 2. The van der Waals surface area contributed by atoms with E-state index in [1.165, 1.54) is 0 Å². The molecule has 2 amide bonds. The fourth-order valence-electron chi connectivity index (χ4n) is 2.19. The first-order chi connectivity index (χ1) is 13.3. The average Bonchev–Trinajstić information content (AvgIpc) is 2.68. The highest BCUT2D eigenvalue weighted by Crippen LogP contribution is 2.13. The highest BCUT2D eigenvalue weighted by atomic mass is 79.9. The van der Waals surface area contributed by atoms with Crippen LogP contribution in [0.25, 0.3) is 0 Å². The van der Waals surface area contributed by atoms with E-state index in [1.807, 2.05) is 48.5 Å². The number of carbonyl (C=O) groups excluding carboxylic acids is 2. The number of amides is 2. The van der Waals surface area contributed by atoms with Crippen molar-refractivity contribution in [2.75, 3.05) is 0 Å². The van der Waals surface area contributed by atoms with E-state index in [4.69, 9.17) is 0 Å². The summed E-state index contributed by atoms with van der Waals surface area (Å²) in [5.41, 5.74) is 8.07. The third-order valence-electron chi connectivity index (χ3n) is 3.76. The predicted octanol–water partition coefficient (Wildman–Crippen LogP) is 4.37. The second-order valence-corrected chi connectivity index (χ2v) is 7.82. The summed E-state index contributed by atoms with van der Waals surface area (Å²) in [6, 6.07) is 15.2. The Morgan fingerprint density at radius 1 is 0.786 bits per heavy atom. The van der Waals surface area contributed by atoms with Crippen molar-refractivity contribution in [1.29, 1.82) is 0 Å². The maximum absolute atomic E-state index is 11.9. The second-order valence-electron chi connectivity index (χ2n) is 5.99. The molecule has 2 aromatic rings. The summed E-state index contributed by atoms with van der Waals surface area (Å²) in [7, 11) is 0. The third kappa shape index (κ3) is 7.36. The molecule has 0 aliphatic carbocycles. The highest BCUT2D eigenvalue weighted by Gasteiger charge is 2.07. The molecule has 146 valence electrons. The fraction of sp³-hybridized carbons (Fsp3) is 0.200. The van der Waals surface area contributed by atoms with Gasteiger partial charge >= 0.3 is 0 Å². The lowest BCUT2D eigenvalue weighted by atomic mass is 10.1. The van der Waals surface area contributed by atoms with Crippen LogP contribution >= 0.6 is 31.9 Å². The van der Waals surface area contributed by atoms with Crippen LogP contribution in [0.15, 0.2) is 67.7 Å². The van der Waals surface area contributed by atoms with Crippen LogP contribution in [0.4, 0.5) is 0 Å². The minimum absolute atomic E-state index is 0.0204. The maximum atomic E-state index is 11.9. The lowest BCUT2D eigenvalue weighted by molar-refractivity contribution is -0.126. The van der Waals surface area contributed by atoms with Crippen LogP contribution in [-0.4, -0.2) is 23.2 Å². The van der Waals surface area contributed by atoms with E-state index in [0.717, 1.165) is 20.1 Å². The van der Waals surface area contributed by atoms with E-state index >= 15 is 0 Å². The number of rotatable bonds is 7. The van der Waals surface area contributed by atoms with E-state index < -0.39 is 0 Å². The van der Waals surface area contributed by atoms with Gasteiger partial charge in [0.05, 0.1) is 11.4 Å². The standard InChI is InChI=1S/C20H20Br2N4O2/c1-13(15-5-3-7-17(21)11-15)23-25-19(27)9-10-20(28)26-24-14(2)16-6-4-8-18(22)12-16/h3-8,11-12H,9-10H2,1-2H3,(H,25,27)(H,26,28)/b23-13-,24-14-. The summed E-state index contributed by atoms with van der Waals surface area (Å²) in [5.74, 6) is -0.672. The molecule has 28 heavy (non-hydrogen) atoms. The Labute approximate surface area is 180 Å². The number of hydrogen-bond donors (Lipinski definition) is 2. The summed E-state index contributed by atoms with van der Waals surface area (Å²) in [5, 5.41) is 8.14. The molecule has 0 aromatic heterocycles. The number of carbonyl (C=O) groups is 2. The Bertz CT molecular complexity index is 850. The van der Waals surface area contributed by atoms with Gasteiger partial charge in [0.25, 0.3) is 0 Å². The average molecular weight is 508 g/mol. The number of halogens is 2. The topological polar surface area (TPSA) is 82.9 Å². The van der Waals surface area contributed by atoms with E-state index in [0.29, 0.717) is 11.4 Å². The van der Waals surface area contributed by atoms with Gasteiger partial charge in [0.15, 0.2) is 0 Å². The van der Waals surface area contributed by atoms with Crippen molar-refractivity contribution >= 4 is 55.1 Å². The van der Waals surface area contributed by atoms with Crippen LogP contribution in [0.2, 0.25) is 0 Å². The van der Waals surface area contributed by atoms with Crippen molar-refractivity contribution in [1.82, 2.24) is 10.9 Å². The molecule has 0 aliphatic heterocycles. The maximum Gasteiger partial charge on any atom is 0.240 e. The molecule has 2 aromatic carbocycles. The van der Waals surface area contributed by atoms with Crippen LogP contribution in [0, 0.1) is 0 Å². The SMILES string of the molecule is C/C(=N/NC(=O)CCC(=O)N/N=C(/C)c1cccc(Br)c1)c1cccc(Br)c1. The first kappa shape index (κ1) is 22.0. The van der Waals surface area contributed by atoms with Gasteiger partial charge in [-0.3, -0.25) is 9.59 Å². The van der Waals surface area contributed by atoms with Gasteiger partial charge in [-0.05, 0) is 49.2 Å². The zero-order valence-electron chi connectivity index (χ0n) is 15.5. The quantitative estimate of drug-likeness (QED) is 0.430. The minimum atomic E-state index is -0.336. The molecule has 2 rings (SSSR count). The van der Waals surface area contributed by atoms with Crippen LogP contribution in [-0.2, 0) is 9.59 Å². The number of hydrazone groups is 2. The zero-order chi connectivity index (χ0) is 20.5. The summed E-state index contributed by atoms with van der Waals surface area (Å²) in [4.78, 5) is 23.8. The molecular formula is C20H20Br2N4O2. The summed E-state index contributed by atoms with van der Waals surface area (Å²) < 4.78 is 1.86. The smallest absolute Gasteiger partial charge is 0.240 e. The molecule has 2 N–H and O–H groups in total. The Hall–Kier alpha value is -2.32. The molecule has 0 heterocycles. The molecule has 0 saturated carbocycles. The first-order valence-electron chi connectivity index (χ1n) is 8.53. The van der Waals surface area contributed by atoms with Gasteiger partial charge < -0.3 is 0 Å². The zero-order valence-corrected chi connectivity index (χ0v) is 18.7. The Morgan fingerprint density at radius 3 is 1.54 bits per heavy atom. The van der Waals surface area contributed by atoms with Gasteiger partial charge in [-0.2, -0.15) is 10.2 Å². The van der Waals surface area contributed by atoms with Gasteiger partial charge in [0.1, 0.15) is 0 Å². The van der Waals surface area contributed by atoms with Gasteiger partial charge in [-0.15, -0.1) is 0 Å². The van der Waals surface area contributed by atoms with E-state index in [1.54, 1.807) is 13.8 Å². The lowest BCUT2D eigenvalue weighted by Crippen LogP contribution is -2.24. The molecule has 0 unspecified atom stereocenters. The molecule has 6 nitrogen and oxygen atoms in total. The monoisotopic (exact) mass is 506 g/mol. The Balaban J connectivity index is 1.79. The molecule has 8 heteroatoms. The molecule has 0 saturated heterocycles. The van der Waals surface area contributed by atoms with Crippen LogP contribution in [0.3, 0.4) is 0 Å².